The first-order valence-corrected chi connectivity index (χ1v) is 4.70. The highest BCUT2D eigenvalue weighted by Crippen LogP contribution is 2.23. The van der Waals surface area contributed by atoms with E-state index in [4.69, 9.17) is 9.94 Å². The van der Waals surface area contributed by atoms with Crippen LogP contribution in [0.3, 0.4) is 0 Å². The SMILES string of the molecule is COC1CCc2ccccc2/C1=N\O. The van der Waals surface area contributed by atoms with E-state index in [9.17, 15) is 0 Å². The van der Waals surface area contributed by atoms with Crippen molar-refractivity contribution in [2.24, 2.45) is 5.16 Å². The smallest absolute Gasteiger partial charge is 0.116 e. The average molecular weight is 191 g/mol. The number of ether oxygens (including phenoxy) is 1. The maximum Gasteiger partial charge on any atom is 0.116 e. The highest BCUT2D eigenvalue weighted by molar-refractivity contribution is 6.05. The van der Waals surface area contributed by atoms with Crippen molar-refractivity contribution in [1.82, 2.24) is 0 Å². The molecule has 0 aromatic heterocycles. The van der Waals surface area contributed by atoms with E-state index in [0.717, 1.165) is 18.4 Å². The summed E-state index contributed by atoms with van der Waals surface area (Å²) >= 11 is 0. The molecule has 1 unspecified atom stereocenters. The summed E-state index contributed by atoms with van der Waals surface area (Å²) in [6.45, 7) is 0. The zero-order valence-corrected chi connectivity index (χ0v) is 8.10. The van der Waals surface area contributed by atoms with Gasteiger partial charge in [-0.3, -0.25) is 0 Å². The number of methoxy groups -OCH3 is 1. The van der Waals surface area contributed by atoms with Crippen molar-refractivity contribution in [3.05, 3.63) is 35.4 Å². The summed E-state index contributed by atoms with van der Waals surface area (Å²) in [4.78, 5) is 0. The number of fused-ring (bicyclic) bond motifs is 1. The van der Waals surface area contributed by atoms with Gasteiger partial charge < -0.3 is 9.94 Å². The Labute approximate surface area is 83.0 Å². The molecule has 1 aliphatic rings. The van der Waals surface area contributed by atoms with Gasteiger partial charge in [-0.2, -0.15) is 0 Å². The maximum atomic E-state index is 8.95. The second kappa shape index (κ2) is 3.80. The van der Waals surface area contributed by atoms with E-state index >= 15 is 0 Å². The number of hydrogen-bond donors (Lipinski definition) is 1. The van der Waals surface area contributed by atoms with Gasteiger partial charge in [0.25, 0.3) is 0 Å². The van der Waals surface area contributed by atoms with Gasteiger partial charge in [0, 0.05) is 12.7 Å². The van der Waals surface area contributed by atoms with Gasteiger partial charge in [-0.25, -0.2) is 0 Å². The normalized spacial score (nSPS) is 23.5. The number of oxime groups is 1. The number of benzene rings is 1. The van der Waals surface area contributed by atoms with E-state index in [1.165, 1.54) is 5.56 Å². The lowest BCUT2D eigenvalue weighted by atomic mass is 9.88. The van der Waals surface area contributed by atoms with E-state index in [2.05, 4.69) is 11.2 Å². The molecule has 0 spiro atoms. The Bertz CT molecular complexity index is 360. The predicted octanol–water partition coefficient (Wildman–Crippen LogP) is 1.83. The fourth-order valence-electron chi connectivity index (χ4n) is 1.93. The van der Waals surface area contributed by atoms with Crippen LogP contribution < -0.4 is 0 Å². The van der Waals surface area contributed by atoms with Crippen molar-refractivity contribution >= 4 is 5.71 Å². The third-order valence-electron chi connectivity index (χ3n) is 2.67. The van der Waals surface area contributed by atoms with Crippen LogP contribution in [0.25, 0.3) is 0 Å². The number of nitrogens with zero attached hydrogens (tertiary/aromatic N) is 1. The molecule has 0 aliphatic heterocycles. The zero-order chi connectivity index (χ0) is 9.97. The first kappa shape index (κ1) is 9.21. The Morgan fingerprint density at radius 1 is 1.43 bits per heavy atom. The summed E-state index contributed by atoms with van der Waals surface area (Å²) in [7, 11) is 1.64. The van der Waals surface area contributed by atoms with Crippen LogP contribution in [0.1, 0.15) is 17.5 Å². The minimum atomic E-state index is -0.0742. The molecule has 0 amide bonds. The Balaban J connectivity index is 2.45. The predicted molar refractivity (Wildman–Crippen MR) is 53.9 cm³/mol. The maximum absolute atomic E-state index is 8.95. The molecule has 1 N–H and O–H groups in total. The van der Waals surface area contributed by atoms with Crippen LogP contribution in [0.15, 0.2) is 29.4 Å². The quantitative estimate of drug-likeness (QED) is 0.543. The number of rotatable bonds is 1. The molecule has 3 heteroatoms. The van der Waals surface area contributed by atoms with Crippen LogP contribution in [0.2, 0.25) is 0 Å². The van der Waals surface area contributed by atoms with Crippen LogP contribution in [0, 0.1) is 0 Å². The summed E-state index contributed by atoms with van der Waals surface area (Å²) in [5.41, 5.74) is 2.89. The fraction of sp³-hybridized carbons (Fsp3) is 0.364. The van der Waals surface area contributed by atoms with Crippen LogP contribution >= 0.6 is 0 Å². The molecule has 0 bridgehead atoms. The van der Waals surface area contributed by atoms with Gasteiger partial charge in [0.2, 0.25) is 0 Å². The van der Waals surface area contributed by atoms with E-state index in [0.29, 0.717) is 5.71 Å². The fourth-order valence-corrected chi connectivity index (χ4v) is 1.93. The summed E-state index contributed by atoms with van der Waals surface area (Å²) < 4.78 is 5.26. The van der Waals surface area contributed by atoms with Gasteiger partial charge in [-0.05, 0) is 18.4 Å². The van der Waals surface area contributed by atoms with Gasteiger partial charge in [0.05, 0.1) is 0 Å². The minimum absolute atomic E-state index is 0.0742. The topological polar surface area (TPSA) is 41.8 Å². The molecule has 3 nitrogen and oxygen atoms in total. The molecule has 0 heterocycles. The van der Waals surface area contributed by atoms with Gasteiger partial charge in [0.15, 0.2) is 0 Å². The van der Waals surface area contributed by atoms with Crippen molar-refractivity contribution in [3.63, 3.8) is 0 Å². The molecule has 0 saturated carbocycles. The van der Waals surface area contributed by atoms with Crippen molar-refractivity contribution in [2.45, 2.75) is 18.9 Å². The van der Waals surface area contributed by atoms with Crippen LogP contribution in [0.5, 0.6) is 0 Å². The van der Waals surface area contributed by atoms with Crippen molar-refractivity contribution in [3.8, 4) is 0 Å². The molecule has 0 radical (unpaired) electrons. The molecule has 1 aromatic carbocycles. The molecule has 1 atom stereocenters. The number of aryl methyl sites for hydroxylation is 1. The van der Waals surface area contributed by atoms with Crippen molar-refractivity contribution in [2.75, 3.05) is 7.11 Å². The van der Waals surface area contributed by atoms with Gasteiger partial charge in [0.1, 0.15) is 11.8 Å². The van der Waals surface area contributed by atoms with Crippen LogP contribution in [-0.4, -0.2) is 24.1 Å². The molecule has 0 fully saturated rings. The molecule has 1 aliphatic carbocycles. The molecule has 74 valence electrons. The first-order valence-electron chi connectivity index (χ1n) is 4.70. The van der Waals surface area contributed by atoms with Crippen molar-refractivity contribution < 1.29 is 9.94 Å². The second-order valence-electron chi connectivity index (χ2n) is 3.41. The minimum Gasteiger partial charge on any atom is -0.411 e. The van der Waals surface area contributed by atoms with Crippen LogP contribution in [0.4, 0.5) is 0 Å². The molecule has 2 rings (SSSR count). The molecular weight excluding hydrogens is 178 g/mol. The summed E-state index contributed by atoms with van der Waals surface area (Å²) in [5.74, 6) is 0. The van der Waals surface area contributed by atoms with Crippen molar-refractivity contribution in [1.29, 1.82) is 0 Å². The zero-order valence-electron chi connectivity index (χ0n) is 8.10. The highest BCUT2D eigenvalue weighted by Gasteiger charge is 2.25. The van der Waals surface area contributed by atoms with Gasteiger partial charge in [-0.15, -0.1) is 0 Å². The summed E-state index contributed by atoms with van der Waals surface area (Å²) in [6, 6.07) is 7.98. The first-order chi connectivity index (χ1) is 6.86. The lowest BCUT2D eigenvalue weighted by Crippen LogP contribution is -2.29. The Morgan fingerprint density at radius 3 is 2.93 bits per heavy atom. The van der Waals surface area contributed by atoms with E-state index in [1.807, 2.05) is 18.2 Å². The summed E-state index contributed by atoms with van der Waals surface area (Å²) in [5, 5.41) is 12.3. The Kier molecular flexibility index (Phi) is 2.50. The van der Waals surface area contributed by atoms with E-state index in [1.54, 1.807) is 7.11 Å². The summed E-state index contributed by atoms with van der Waals surface area (Å²) in [6.07, 6.45) is 1.79. The molecular formula is C11H13NO2. The molecule has 1 aromatic rings. The standard InChI is InChI=1S/C11H13NO2/c1-14-10-7-6-8-4-2-3-5-9(8)11(10)12-13/h2-5,10,13H,6-7H2,1H3/b12-11+. The number of hydrogen-bond acceptors (Lipinski definition) is 3. The second-order valence-corrected chi connectivity index (χ2v) is 3.41. The molecule has 14 heavy (non-hydrogen) atoms. The van der Waals surface area contributed by atoms with Gasteiger partial charge >= 0.3 is 0 Å². The third-order valence-corrected chi connectivity index (χ3v) is 2.67. The monoisotopic (exact) mass is 191 g/mol. The third kappa shape index (κ3) is 1.40. The Hall–Kier alpha value is -1.35. The van der Waals surface area contributed by atoms with E-state index in [-0.39, 0.29) is 6.10 Å². The Morgan fingerprint density at radius 2 is 2.21 bits per heavy atom. The lowest BCUT2D eigenvalue weighted by molar-refractivity contribution is 0.142. The van der Waals surface area contributed by atoms with E-state index < -0.39 is 0 Å². The largest absolute Gasteiger partial charge is 0.411 e. The highest BCUT2D eigenvalue weighted by atomic mass is 16.5. The van der Waals surface area contributed by atoms with Crippen LogP contribution in [-0.2, 0) is 11.2 Å². The van der Waals surface area contributed by atoms with Gasteiger partial charge in [-0.1, -0.05) is 29.4 Å². The molecule has 0 saturated heterocycles. The lowest BCUT2D eigenvalue weighted by Gasteiger charge is -2.24. The average Bonchev–Trinajstić information content (AvgIpc) is 2.27.